The molecule has 0 saturated heterocycles. The van der Waals surface area contributed by atoms with Crippen molar-refractivity contribution in [2.24, 2.45) is 0 Å². The molecule has 0 unspecified atom stereocenters. The van der Waals surface area contributed by atoms with Gasteiger partial charge in [-0.15, -0.1) is 0 Å². The minimum Gasteiger partial charge on any atom is -0.399 e. The van der Waals surface area contributed by atoms with Gasteiger partial charge >= 0.3 is 0 Å². The van der Waals surface area contributed by atoms with Gasteiger partial charge in [0.15, 0.2) is 0 Å². The van der Waals surface area contributed by atoms with E-state index in [0.717, 1.165) is 5.56 Å². The average Bonchev–Trinajstić information content (AvgIpc) is 2.37. The number of nitrogens with one attached hydrogen (secondary N) is 1. The van der Waals surface area contributed by atoms with Gasteiger partial charge in [-0.3, -0.25) is 4.79 Å². The van der Waals surface area contributed by atoms with Crippen LogP contribution in [-0.2, 0) is 0 Å². The van der Waals surface area contributed by atoms with E-state index in [1.165, 1.54) is 0 Å². The van der Waals surface area contributed by atoms with E-state index in [-0.39, 0.29) is 5.91 Å². The Kier molecular flexibility index (Phi) is 4.12. The van der Waals surface area contributed by atoms with Crippen LogP contribution < -0.4 is 11.1 Å². The van der Waals surface area contributed by atoms with Crippen molar-refractivity contribution in [2.75, 3.05) is 11.1 Å². The smallest absolute Gasteiger partial charge is 0.257 e. The van der Waals surface area contributed by atoms with Crippen molar-refractivity contribution in [1.82, 2.24) is 0 Å². The summed E-state index contributed by atoms with van der Waals surface area (Å²) in [6.45, 7) is 1.90. The minimum atomic E-state index is -0.264. The highest BCUT2D eigenvalue weighted by molar-refractivity contribution is 9.10. The van der Waals surface area contributed by atoms with Gasteiger partial charge in [0.05, 0.1) is 10.6 Å². The molecule has 3 nitrogen and oxygen atoms in total. The summed E-state index contributed by atoms with van der Waals surface area (Å²) >= 11 is 9.39. The Morgan fingerprint density at radius 2 is 2.05 bits per heavy atom. The van der Waals surface area contributed by atoms with Crippen LogP contribution in [0.4, 0.5) is 11.4 Å². The zero-order valence-corrected chi connectivity index (χ0v) is 12.5. The van der Waals surface area contributed by atoms with Crippen molar-refractivity contribution < 1.29 is 4.79 Å². The van der Waals surface area contributed by atoms with Crippen molar-refractivity contribution >= 4 is 44.8 Å². The highest BCUT2D eigenvalue weighted by atomic mass is 79.9. The number of amides is 1. The molecule has 0 bridgehead atoms. The van der Waals surface area contributed by atoms with E-state index in [2.05, 4.69) is 21.2 Å². The topological polar surface area (TPSA) is 55.1 Å². The molecule has 0 heterocycles. The van der Waals surface area contributed by atoms with Gasteiger partial charge in [0.1, 0.15) is 0 Å². The van der Waals surface area contributed by atoms with Gasteiger partial charge in [0, 0.05) is 15.8 Å². The molecule has 0 spiro atoms. The Bertz CT molecular complexity index is 643. The molecule has 0 saturated carbocycles. The molecule has 0 aromatic heterocycles. The van der Waals surface area contributed by atoms with Crippen LogP contribution >= 0.6 is 27.5 Å². The number of benzene rings is 2. The van der Waals surface area contributed by atoms with Crippen LogP contribution in [0.2, 0.25) is 5.02 Å². The van der Waals surface area contributed by atoms with E-state index in [1.54, 1.807) is 30.3 Å². The van der Waals surface area contributed by atoms with E-state index in [1.807, 2.05) is 13.0 Å². The highest BCUT2D eigenvalue weighted by Gasteiger charge is 2.13. The number of nitrogen functional groups attached to an aromatic ring is 1. The second-order valence-electron chi connectivity index (χ2n) is 4.13. The Morgan fingerprint density at radius 3 is 2.79 bits per heavy atom. The Labute approximate surface area is 124 Å². The van der Waals surface area contributed by atoms with Crippen LogP contribution in [0.15, 0.2) is 40.9 Å². The zero-order valence-electron chi connectivity index (χ0n) is 10.2. The molecule has 2 aromatic rings. The van der Waals surface area contributed by atoms with Crippen molar-refractivity contribution in [3.63, 3.8) is 0 Å². The van der Waals surface area contributed by atoms with Crippen molar-refractivity contribution in [2.45, 2.75) is 6.92 Å². The van der Waals surface area contributed by atoms with E-state index in [9.17, 15) is 4.79 Å². The lowest BCUT2D eigenvalue weighted by atomic mass is 10.1. The van der Waals surface area contributed by atoms with Gasteiger partial charge < -0.3 is 11.1 Å². The summed E-state index contributed by atoms with van der Waals surface area (Å²) in [5.74, 6) is -0.264. The summed E-state index contributed by atoms with van der Waals surface area (Å²) in [6, 6.07) is 10.6. The summed E-state index contributed by atoms with van der Waals surface area (Å²) in [5, 5.41) is 3.20. The monoisotopic (exact) mass is 338 g/mol. The number of aryl methyl sites for hydroxylation is 1. The summed E-state index contributed by atoms with van der Waals surface area (Å²) in [4.78, 5) is 12.2. The van der Waals surface area contributed by atoms with Gasteiger partial charge in [-0.25, -0.2) is 0 Å². The maximum Gasteiger partial charge on any atom is 0.257 e. The van der Waals surface area contributed by atoms with E-state index >= 15 is 0 Å². The molecule has 98 valence electrons. The van der Waals surface area contributed by atoms with Gasteiger partial charge in [-0.1, -0.05) is 23.7 Å². The number of rotatable bonds is 2. The predicted molar refractivity (Wildman–Crippen MR) is 82.7 cm³/mol. The second kappa shape index (κ2) is 5.63. The average molecular weight is 340 g/mol. The van der Waals surface area contributed by atoms with Crippen LogP contribution in [0.1, 0.15) is 15.9 Å². The molecule has 1 amide bonds. The van der Waals surface area contributed by atoms with Gasteiger partial charge in [-0.05, 0) is 52.7 Å². The molecule has 0 aliphatic carbocycles. The molecule has 0 aliphatic heterocycles. The van der Waals surface area contributed by atoms with E-state index < -0.39 is 0 Å². The van der Waals surface area contributed by atoms with Crippen molar-refractivity contribution in [3.8, 4) is 0 Å². The van der Waals surface area contributed by atoms with Gasteiger partial charge in [0.2, 0.25) is 0 Å². The number of carbonyl (C=O) groups is 1. The lowest BCUT2D eigenvalue weighted by molar-refractivity contribution is 0.102. The first kappa shape index (κ1) is 13.9. The normalized spacial score (nSPS) is 10.3. The standard InChI is InChI=1S/C14H12BrClN2O/c1-8-5-6-9(17)7-12(8)18-14(19)10-3-2-4-11(15)13(10)16/h2-7H,17H2,1H3,(H,18,19). The fraction of sp³-hybridized carbons (Fsp3) is 0.0714. The third-order valence-electron chi connectivity index (χ3n) is 2.71. The van der Waals surface area contributed by atoms with Crippen LogP contribution in [0.25, 0.3) is 0 Å². The number of hydrogen-bond acceptors (Lipinski definition) is 2. The fourth-order valence-electron chi connectivity index (χ4n) is 1.64. The summed E-state index contributed by atoms with van der Waals surface area (Å²) < 4.78 is 0.686. The van der Waals surface area contributed by atoms with Crippen LogP contribution in [0.5, 0.6) is 0 Å². The van der Waals surface area contributed by atoms with Crippen molar-refractivity contribution in [3.05, 3.63) is 57.0 Å². The Hall–Kier alpha value is -1.52. The SMILES string of the molecule is Cc1ccc(N)cc1NC(=O)c1cccc(Br)c1Cl. The summed E-state index contributed by atoms with van der Waals surface area (Å²) in [6.07, 6.45) is 0. The minimum absolute atomic E-state index is 0.264. The predicted octanol–water partition coefficient (Wildman–Crippen LogP) is 4.25. The molecule has 5 heteroatoms. The van der Waals surface area contributed by atoms with Gasteiger partial charge in [0.25, 0.3) is 5.91 Å². The van der Waals surface area contributed by atoms with Gasteiger partial charge in [-0.2, -0.15) is 0 Å². The molecular weight excluding hydrogens is 328 g/mol. The number of carbonyl (C=O) groups excluding carboxylic acids is 1. The van der Waals surface area contributed by atoms with Crippen LogP contribution in [-0.4, -0.2) is 5.91 Å². The maximum atomic E-state index is 12.2. The number of halogens is 2. The third kappa shape index (κ3) is 3.08. The maximum absolute atomic E-state index is 12.2. The molecule has 0 radical (unpaired) electrons. The Balaban J connectivity index is 2.31. The molecule has 3 N–H and O–H groups in total. The number of nitrogens with two attached hydrogens (primary N) is 1. The first-order valence-electron chi connectivity index (χ1n) is 5.60. The Morgan fingerprint density at radius 1 is 1.32 bits per heavy atom. The van der Waals surface area contributed by atoms with Crippen LogP contribution in [0, 0.1) is 6.92 Å². The third-order valence-corrected chi connectivity index (χ3v) is 4.00. The first-order chi connectivity index (χ1) is 8.99. The van der Waals surface area contributed by atoms with Crippen molar-refractivity contribution in [1.29, 1.82) is 0 Å². The molecular formula is C14H12BrClN2O. The quantitative estimate of drug-likeness (QED) is 0.804. The first-order valence-corrected chi connectivity index (χ1v) is 6.77. The molecule has 0 fully saturated rings. The lowest BCUT2D eigenvalue weighted by Crippen LogP contribution is -2.13. The molecule has 2 rings (SSSR count). The second-order valence-corrected chi connectivity index (χ2v) is 5.36. The number of hydrogen-bond donors (Lipinski definition) is 2. The largest absolute Gasteiger partial charge is 0.399 e. The highest BCUT2D eigenvalue weighted by Crippen LogP contribution is 2.27. The van der Waals surface area contributed by atoms with Crippen LogP contribution in [0.3, 0.4) is 0 Å². The van der Waals surface area contributed by atoms with E-state index in [4.69, 9.17) is 17.3 Å². The molecule has 19 heavy (non-hydrogen) atoms. The molecule has 2 aromatic carbocycles. The summed E-state index contributed by atoms with van der Waals surface area (Å²) in [5.41, 5.74) is 8.34. The molecule has 0 aliphatic rings. The fourth-order valence-corrected chi connectivity index (χ4v) is 2.22. The van der Waals surface area contributed by atoms with E-state index in [0.29, 0.717) is 26.4 Å². The zero-order chi connectivity index (χ0) is 14.0. The summed E-state index contributed by atoms with van der Waals surface area (Å²) in [7, 11) is 0. The molecule has 0 atom stereocenters. The number of anilines is 2. The lowest BCUT2D eigenvalue weighted by Gasteiger charge is -2.10.